The number of carbonyl (C=O) groups is 1. The fourth-order valence-electron chi connectivity index (χ4n) is 2.07. The predicted molar refractivity (Wildman–Crippen MR) is 82.6 cm³/mol. The van der Waals surface area contributed by atoms with Crippen LogP contribution in [-0.2, 0) is 4.79 Å². The molecule has 106 valence electrons. The fraction of sp³-hybridized carbons (Fsp3) is 0.533. The number of hydrogen-bond acceptors (Lipinski definition) is 2. The van der Waals surface area contributed by atoms with Gasteiger partial charge in [0.05, 0.1) is 12.8 Å². The SMILES string of the molecule is CCCC(CCC)C(=O)Nc1cc(OC)ccc1Br. The minimum atomic E-state index is 0.0908. The molecule has 0 aliphatic rings. The van der Waals surface area contributed by atoms with Crippen LogP contribution in [0.2, 0.25) is 0 Å². The van der Waals surface area contributed by atoms with Crippen LogP contribution in [0.4, 0.5) is 5.69 Å². The van der Waals surface area contributed by atoms with Crippen LogP contribution < -0.4 is 10.1 Å². The van der Waals surface area contributed by atoms with Crippen LogP contribution in [0.1, 0.15) is 39.5 Å². The molecule has 1 N–H and O–H groups in total. The number of ether oxygens (including phenoxy) is 1. The van der Waals surface area contributed by atoms with Gasteiger partial charge < -0.3 is 10.1 Å². The molecule has 1 amide bonds. The zero-order chi connectivity index (χ0) is 14.3. The van der Waals surface area contributed by atoms with Crippen molar-refractivity contribution in [2.75, 3.05) is 12.4 Å². The number of anilines is 1. The van der Waals surface area contributed by atoms with Gasteiger partial charge in [-0.2, -0.15) is 0 Å². The molecular weight excluding hydrogens is 306 g/mol. The summed E-state index contributed by atoms with van der Waals surface area (Å²) in [6, 6.07) is 5.56. The molecule has 1 aromatic carbocycles. The molecule has 0 spiro atoms. The number of amides is 1. The van der Waals surface area contributed by atoms with E-state index in [0.717, 1.165) is 41.6 Å². The minimum absolute atomic E-state index is 0.0908. The second-order valence-electron chi connectivity index (χ2n) is 4.61. The Hall–Kier alpha value is -1.03. The smallest absolute Gasteiger partial charge is 0.227 e. The molecule has 0 bridgehead atoms. The van der Waals surface area contributed by atoms with Gasteiger partial charge in [-0.25, -0.2) is 0 Å². The molecule has 0 saturated carbocycles. The highest BCUT2D eigenvalue weighted by atomic mass is 79.9. The van der Waals surface area contributed by atoms with E-state index in [9.17, 15) is 4.79 Å². The zero-order valence-electron chi connectivity index (χ0n) is 11.8. The molecule has 1 aromatic rings. The molecular formula is C15H22BrNO2. The lowest BCUT2D eigenvalue weighted by molar-refractivity contribution is -0.120. The van der Waals surface area contributed by atoms with Gasteiger partial charge in [0.2, 0.25) is 5.91 Å². The monoisotopic (exact) mass is 327 g/mol. The van der Waals surface area contributed by atoms with Crippen molar-refractivity contribution in [1.82, 2.24) is 0 Å². The van der Waals surface area contributed by atoms with E-state index in [1.165, 1.54) is 0 Å². The molecule has 0 saturated heterocycles. The lowest BCUT2D eigenvalue weighted by Gasteiger charge is -2.16. The molecule has 0 unspecified atom stereocenters. The Bertz CT molecular complexity index is 415. The van der Waals surface area contributed by atoms with Crippen molar-refractivity contribution in [2.24, 2.45) is 5.92 Å². The fourth-order valence-corrected chi connectivity index (χ4v) is 2.41. The van der Waals surface area contributed by atoms with Gasteiger partial charge in [-0.15, -0.1) is 0 Å². The van der Waals surface area contributed by atoms with Gasteiger partial charge in [-0.05, 0) is 40.9 Å². The van der Waals surface area contributed by atoms with E-state index in [0.29, 0.717) is 0 Å². The van der Waals surface area contributed by atoms with E-state index in [1.807, 2.05) is 18.2 Å². The Morgan fingerprint density at radius 2 is 1.95 bits per heavy atom. The number of methoxy groups -OCH3 is 1. The third kappa shape index (κ3) is 4.86. The third-order valence-electron chi connectivity index (χ3n) is 3.08. The van der Waals surface area contributed by atoms with E-state index in [1.54, 1.807) is 7.11 Å². The van der Waals surface area contributed by atoms with Crippen LogP contribution >= 0.6 is 15.9 Å². The van der Waals surface area contributed by atoms with Crippen LogP contribution in [-0.4, -0.2) is 13.0 Å². The maximum Gasteiger partial charge on any atom is 0.227 e. The Balaban J connectivity index is 2.79. The Labute approximate surface area is 123 Å². The van der Waals surface area contributed by atoms with Crippen LogP contribution in [0.3, 0.4) is 0 Å². The maximum atomic E-state index is 12.3. The first-order valence-corrected chi connectivity index (χ1v) is 7.56. The maximum absolute atomic E-state index is 12.3. The number of benzene rings is 1. The molecule has 0 aliphatic carbocycles. The zero-order valence-corrected chi connectivity index (χ0v) is 13.4. The van der Waals surface area contributed by atoms with Crippen LogP contribution in [0.5, 0.6) is 5.75 Å². The molecule has 0 heterocycles. The van der Waals surface area contributed by atoms with Gasteiger partial charge in [0.25, 0.3) is 0 Å². The van der Waals surface area contributed by atoms with Gasteiger partial charge in [0.15, 0.2) is 0 Å². The average molecular weight is 328 g/mol. The highest BCUT2D eigenvalue weighted by molar-refractivity contribution is 9.10. The Morgan fingerprint density at radius 1 is 1.32 bits per heavy atom. The van der Waals surface area contributed by atoms with Crippen molar-refractivity contribution in [3.05, 3.63) is 22.7 Å². The summed E-state index contributed by atoms with van der Waals surface area (Å²) in [4.78, 5) is 12.3. The predicted octanol–water partition coefficient (Wildman–Crippen LogP) is 4.61. The molecule has 0 fully saturated rings. The van der Waals surface area contributed by atoms with Crippen LogP contribution in [0.25, 0.3) is 0 Å². The number of rotatable bonds is 7. The highest BCUT2D eigenvalue weighted by Gasteiger charge is 2.17. The topological polar surface area (TPSA) is 38.3 Å². The number of nitrogens with one attached hydrogen (secondary N) is 1. The van der Waals surface area contributed by atoms with E-state index in [4.69, 9.17) is 4.74 Å². The summed E-state index contributed by atoms with van der Waals surface area (Å²) in [5, 5.41) is 2.99. The summed E-state index contributed by atoms with van der Waals surface area (Å²) < 4.78 is 6.04. The van der Waals surface area contributed by atoms with Gasteiger partial charge >= 0.3 is 0 Å². The van der Waals surface area contributed by atoms with Crippen molar-refractivity contribution in [3.63, 3.8) is 0 Å². The summed E-state index contributed by atoms with van der Waals surface area (Å²) in [6.07, 6.45) is 3.91. The molecule has 3 nitrogen and oxygen atoms in total. The summed E-state index contributed by atoms with van der Waals surface area (Å²) in [7, 11) is 1.62. The quantitative estimate of drug-likeness (QED) is 0.793. The first-order chi connectivity index (χ1) is 9.12. The lowest BCUT2D eigenvalue weighted by atomic mass is 9.97. The second kappa shape index (κ2) is 8.20. The first-order valence-electron chi connectivity index (χ1n) is 6.76. The first kappa shape index (κ1) is 16.0. The van der Waals surface area contributed by atoms with E-state index in [-0.39, 0.29) is 11.8 Å². The van der Waals surface area contributed by atoms with E-state index >= 15 is 0 Å². The number of carbonyl (C=O) groups excluding carboxylic acids is 1. The van der Waals surface area contributed by atoms with Gasteiger partial charge in [0, 0.05) is 16.5 Å². The molecule has 0 radical (unpaired) electrons. The summed E-state index contributed by atoms with van der Waals surface area (Å²) in [5.41, 5.74) is 0.765. The van der Waals surface area contributed by atoms with E-state index < -0.39 is 0 Å². The van der Waals surface area contributed by atoms with Gasteiger partial charge in [-0.3, -0.25) is 4.79 Å². The Morgan fingerprint density at radius 3 is 2.47 bits per heavy atom. The standard InChI is InChI=1S/C15H22BrNO2/c1-4-6-11(7-5-2)15(18)17-14-10-12(19-3)8-9-13(14)16/h8-11H,4-7H2,1-3H3,(H,17,18). The van der Waals surface area contributed by atoms with Crippen molar-refractivity contribution in [1.29, 1.82) is 0 Å². The highest BCUT2D eigenvalue weighted by Crippen LogP contribution is 2.28. The second-order valence-corrected chi connectivity index (χ2v) is 5.46. The molecule has 0 atom stereocenters. The normalized spacial score (nSPS) is 10.6. The summed E-state index contributed by atoms with van der Waals surface area (Å²) in [6.45, 7) is 4.22. The summed E-state index contributed by atoms with van der Waals surface area (Å²) >= 11 is 3.44. The third-order valence-corrected chi connectivity index (χ3v) is 3.77. The van der Waals surface area contributed by atoms with Gasteiger partial charge in [-0.1, -0.05) is 26.7 Å². The van der Waals surface area contributed by atoms with Gasteiger partial charge in [0.1, 0.15) is 5.75 Å². The number of halogens is 1. The molecule has 19 heavy (non-hydrogen) atoms. The minimum Gasteiger partial charge on any atom is -0.497 e. The van der Waals surface area contributed by atoms with Crippen molar-refractivity contribution in [3.8, 4) is 5.75 Å². The van der Waals surface area contributed by atoms with Crippen LogP contribution in [0, 0.1) is 5.92 Å². The molecule has 1 rings (SSSR count). The largest absolute Gasteiger partial charge is 0.497 e. The average Bonchev–Trinajstić information content (AvgIpc) is 2.41. The molecule has 0 aliphatic heterocycles. The lowest BCUT2D eigenvalue weighted by Crippen LogP contribution is -2.22. The summed E-state index contributed by atoms with van der Waals surface area (Å²) in [5.74, 6) is 0.923. The van der Waals surface area contributed by atoms with Crippen molar-refractivity contribution < 1.29 is 9.53 Å². The van der Waals surface area contributed by atoms with E-state index in [2.05, 4.69) is 35.1 Å². The molecule has 4 heteroatoms. The van der Waals surface area contributed by atoms with Crippen LogP contribution in [0.15, 0.2) is 22.7 Å². The van der Waals surface area contributed by atoms with Crippen molar-refractivity contribution in [2.45, 2.75) is 39.5 Å². The van der Waals surface area contributed by atoms with Crippen molar-refractivity contribution >= 4 is 27.5 Å². The molecule has 0 aromatic heterocycles. The Kier molecular flexibility index (Phi) is 6.92. The number of hydrogen-bond donors (Lipinski definition) is 1.